The average Bonchev–Trinajstić information content (AvgIpc) is 3.94. The number of likely N-dealkylation sites (tertiary alicyclic amines) is 2. The van der Waals surface area contributed by atoms with Gasteiger partial charge in [0.15, 0.2) is 0 Å². The molecule has 0 aliphatic carbocycles. The van der Waals surface area contributed by atoms with E-state index in [2.05, 4.69) is 30.7 Å². The Bertz CT molecular complexity index is 1740. The molecule has 14 nitrogen and oxygen atoms in total. The van der Waals surface area contributed by atoms with Gasteiger partial charge < -0.3 is 40.2 Å². The Morgan fingerprint density at radius 2 is 1.33 bits per heavy atom. The van der Waals surface area contributed by atoms with Crippen molar-refractivity contribution >= 4 is 35.6 Å². The lowest BCUT2D eigenvalue weighted by atomic mass is 10.0. The molecule has 5 rings (SSSR count). The van der Waals surface area contributed by atoms with Crippen molar-refractivity contribution in [1.82, 2.24) is 30.4 Å². The lowest BCUT2D eigenvalue weighted by molar-refractivity contribution is -0.135. The maximum atomic E-state index is 13.5. The molecule has 0 radical (unpaired) electrons. The summed E-state index contributed by atoms with van der Waals surface area (Å²) in [4.78, 5) is 74.8. The van der Waals surface area contributed by atoms with Gasteiger partial charge in [0.1, 0.15) is 17.9 Å². The summed E-state index contributed by atoms with van der Waals surface area (Å²) in [5.74, 6) is -0.439. The number of hydrogen-bond donors (Lipinski definition) is 4. The SMILES string of the molecule is COC(=O)N[C@H](C(=O)N1CCC(C(=O)Nc2ccc(-c3ccc(-c4cnc([C@@H]5CCCN5C(=O)[C@@H](NC(=O)OC)C(C)C)[nH]4)cc3)cc2)C1)C(C)C. The number of anilines is 1. The first-order valence-electron chi connectivity index (χ1n) is 17.7. The summed E-state index contributed by atoms with van der Waals surface area (Å²) in [6, 6.07) is 14.0. The number of amides is 5. The van der Waals surface area contributed by atoms with E-state index in [0.29, 0.717) is 31.0 Å². The fourth-order valence-electron chi connectivity index (χ4n) is 6.75. The molecule has 2 aromatic carbocycles. The zero-order chi connectivity index (χ0) is 37.5. The van der Waals surface area contributed by atoms with Crippen LogP contribution in [0.3, 0.4) is 0 Å². The van der Waals surface area contributed by atoms with E-state index in [1.54, 1.807) is 16.0 Å². The fraction of sp³-hybridized carbons (Fsp3) is 0.474. The van der Waals surface area contributed by atoms with Crippen molar-refractivity contribution in [2.75, 3.05) is 39.2 Å². The summed E-state index contributed by atoms with van der Waals surface area (Å²) >= 11 is 0. The largest absolute Gasteiger partial charge is 0.453 e. The Kier molecular flexibility index (Phi) is 12.2. The second-order valence-electron chi connectivity index (χ2n) is 14.0. The van der Waals surface area contributed by atoms with E-state index in [-0.39, 0.29) is 48.1 Å². The minimum Gasteiger partial charge on any atom is -0.453 e. The van der Waals surface area contributed by atoms with Gasteiger partial charge in [-0.2, -0.15) is 0 Å². The number of rotatable bonds is 11. The quantitative estimate of drug-likeness (QED) is 0.216. The molecular formula is C38H49N7O7. The number of hydrogen-bond acceptors (Lipinski definition) is 8. The molecule has 3 aromatic rings. The van der Waals surface area contributed by atoms with Crippen molar-refractivity contribution in [3.8, 4) is 22.4 Å². The Hall–Kier alpha value is -5.40. The highest BCUT2D eigenvalue weighted by atomic mass is 16.5. The lowest BCUT2D eigenvalue weighted by Crippen LogP contribution is -2.51. The Morgan fingerprint density at radius 3 is 1.90 bits per heavy atom. The number of alkyl carbamates (subject to hydrolysis) is 2. The minimum atomic E-state index is -0.727. The zero-order valence-corrected chi connectivity index (χ0v) is 30.6. The summed E-state index contributed by atoms with van der Waals surface area (Å²) in [6.45, 7) is 8.77. The van der Waals surface area contributed by atoms with Gasteiger partial charge in [0.05, 0.1) is 38.1 Å². The third-order valence-corrected chi connectivity index (χ3v) is 9.78. The van der Waals surface area contributed by atoms with E-state index in [0.717, 1.165) is 35.2 Å². The van der Waals surface area contributed by atoms with Crippen molar-refractivity contribution in [3.63, 3.8) is 0 Å². The van der Waals surface area contributed by atoms with Gasteiger partial charge in [-0.05, 0) is 59.9 Å². The van der Waals surface area contributed by atoms with E-state index in [9.17, 15) is 24.0 Å². The van der Waals surface area contributed by atoms with Crippen LogP contribution in [0.1, 0.15) is 58.8 Å². The molecule has 4 N–H and O–H groups in total. The normalized spacial score (nSPS) is 18.2. The average molecular weight is 716 g/mol. The molecule has 52 heavy (non-hydrogen) atoms. The van der Waals surface area contributed by atoms with Gasteiger partial charge in [0.25, 0.3) is 0 Å². The number of H-pyrrole nitrogens is 1. The lowest BCUT2D eigenvalue weighted by Gasteiger charge is -2.30. The molecule has 1 aromatic heterocycles. The van der Waals surface area contributed by atoms with Crippen molar-refractivity contribution in [2.24, 2.45) is 17.8 Å². The fourth-order valence-corrected chi connectivity index (χ4v) is 6.75. The van der Waals surface area contributed by atoms with Crippen molar-refractivity contribution in [1.29, 1.82) is 0 Å². The highest BCUT2D eigenvalue weighted by Gasteiger charge is 2.38. The summed E-state index contributed by atoms with van der Waals surface area (Å²) in [6.07, 6.45) is 2.62. The smallest absolute Gasteiger partial charge is 0.407 e. The number of nitrogens with one attached hydrogen (secondary N) is 4. The van der Waals surface area contributed by atoms with Crippen LogP contribution in [-0.4, -0.2) is 95.6 Å². The predicted molar refractivity (Wildman–Crippen MR) is 195 cm³/mol. The number of carbonyl (C=O) groups is 5. The first-order valence-corrected chi connectivity index (χ1v) is 17.7. The third kappa shape index (κ3) is 8.72. The number of aromatic nitrogens is 2. The minimum absolute atomic E-state index is 0.113. The highest BCUT2D eigenvalue weighted by molar-refractivity contribution is 5.94. The maximum absolute atomic E-state index is 13.5. The highest BCUT2D eigenvalue weighted by Crippen LogP contribution is 2.33. The molecule has 0 bridgehead atoms. The molecular weight excluding hydrogens is 666 g/mol. The molecule has 0 saturated carbocycles. The van der Waals surface area contributed by atoms with Crippen LogP contribution >= 0.6 is 0 Å². The predicted octanol–water partition coefficient (Wildman–Crippen LogP) is 4.96. The van der Waals surface area contributed by atoms with Crippen molar-refractivity contribution < 1.29 is 33.4 Å². The molecule has 5 amide bonds. The number of benzene rings is 2. The first kappa shape index (κ1) is 37.8. The van der Waals surface area contributed by atoms with Crippen LogP contribution in [0.2, 0.25) is 0 Å². The molecule has 4 atom stereocenters. The number of imidazole rings is 1. The monoisotopic (exact) mass is 715 g/mol. The topological polar surface area (TPSA) is 175 Å². The van der Waals surface area contributed by atoms with Gasteiger partial charge in [-0.3, -0.25) is 14.4 Å². The molecule has 2 saturated heterocycles. The van der Waals surface area contributed by atoms with Crippen LogP contribution in [-0.2, 0) is 23.9 Å². The van der Waals surface area contributed by atoms with Crippen molar-refractivity contribution in [3.05, 3.63) is 60.6 Å². The molecule has 3 heterocycles. The Balaban J connectivity index is 1.17. The van der Waals surface area contributed by atoms with E-state index in [1.807, 2.05) is 76.2 Å². The van der Waals surface area contributed by atoms with Crippen LogP contribution in [0.5, 0.6) is 0 Å². The van der Waals surface area contributed by atoms with Gasteiger partial charge in [0.2, 0.25) is 17.7 Å². The molecule has 2 aliphatic heterocycles. The standard InChI is InChI=1S/C38H49N7O7/c1-22(2)31(42-37(49)51-5)35(47)44-19-17-27(21-44)34(46)40-28-15-13-25(14-16-28)24-9-11-26(12-10-24)29-20-39-33(41-29)30-8-7-18-45(30)36(48)32(23(3)4)43-38(50)52-6/h9-16,20,22-23,27,30-32H,7-8,17-19,21H2,1-6H3,(H,39,41)(H,40,46)(H,42,49)(H,43,50)/t27?,30-,31-,32-/m0/s1. The van der Waals surface area contributed by atoms with Gasteiger partial charge in [-0.25, -0.2) is 14.6 Å². The van der Waals surface area contributed by atoms with E-state index in [4.69, 9.17) is 4.74 Å². The first-order chi connectivity index (χ1) is 24.9. The number of carbonyl (C=O) groups excluding carboxylic acids is 5. The molecule has 2 fully saturated rings. The number of aromatic amines is 1. The van der Waals surface area contributed by atoms with Gasteiger partial charge >= 0.3 is 12.2 Å². The Labute approximate surface area is 304 Å². The van der Waals surface area contributed by atoms with E-state index < -0.39 is 24.3 Å². The van der Waals surface area contributed by atoms with E-state index in [1.165, 1.54) is 14.2 Å². The zero-order valence-electron chi connectivity index (χ0n) is 30.6. The van der Waals surface area contributed by atoms with Gasteiger partial charge in [-0.1, -0.05) is 64.1 Å². The molecule has 2 aliphatic rings. The second kappa shape index (κ2) is 16.7. The number of methoxy groups -OCH3 is 2. The van der Waals surface area contributed by atoms with Crippen LogP contribution in [0.25, 0.3) is 22.4 Å². The summed E-state index contributed by atoms with van der Waals surface area (Å²) in [7, 11) is 2.53. The third-order valence-electron chi connectivity index (χ3n) is 9.78. The molecule has 14 heteroatoms. The molecule has 278 valence electrons. The van der Waals surface area contributed by atoms with Crippen LogP contribution < -0.4 is 16.0 Å². The van der Waals surface area contributed by atoms with E-state index >= 15 is 0 Å². The summed E-state index contributed by atoms with van der Waals surface area (Å²) in [5.41, 5.74) is 4.41. The number of ether oxygens (including phenoxy) is 2. The maximum Gasteiger partial charge on any atom is 0.407 e. The second-order valence-corrected chi connectivity index (χ2v) is 14.0. The van der Waals surface area contributed by atoms with Gasteiger partial charge in [0, 0.05) is 25.3 Å². The Morgan fingerprint density at radius 1 is 0.769 bits per heavy atom. The van der Waals surface area contributed by atoms with Crippen LogP contribution in [0, 0.1) is 17.8 Å². The van der Waals surface area contributed by atoms with Crippen LogP contribution in [0.15, 0.2) is 54.7 Å². The summed E-state index contributed by atoms with van der Waals surface area (Å²) < 4.78 is 9.40. The van der Waals surface area contributed by atoms with Crippen molar-refractivity contribution in [2.45, 2.75) is 65.1 Å². The molecule has 1 unspecified atom stereocenters. The van der Waals surface area contributed by atoms with Gasteiger partial charge in [-0.15, -0.1) is 0 Å². The summed E-state index contributed by atoms with van der Waals surface area (Å²) in [5, 5.41) is 8.26. The molecule has 0 spiro atoms. The van der Waals surface area contributed by atoms with Crippen LogP contribution in [0.4, 0.5) is 15.3 Å². The number of nitrogens with zero attached hydrogens (tertiary/aromatic N) is 3.